The molecule has 0 bridgehead atoms. The summed E-state index contributed by atoms with van der Waals surface area (Å²) in [6.45, 7) is 1.35. The number of methoxy groups -OCH3 is 1. The van der Waals surface area contributed by atoms with Crippen molar-refractivity contribution in [3.8, 4) is 5.75 Å². The zero-order valence-electron chi connectivity index (χ0n) is 9.94. The van der Waals surface area contributed by atoms with Crippen LogP contribution in [0.3, 0.4) is 0 Å². The number of carbonyl (C=O) groups excluding carboxylic acids is 1. The normalized spacial score (nSPS) is 10.0. The summed E-state index contributed by atoms with van der Waals surface area (Å²) in [7, 11) is 1.58. The Bertz CT molecular complexity index is 355. The van der Waals surface area contributed by atoms with E-state index in [0.717, 1.165) is 5.56 Å². The molecule has 5 nitrogen and oxygen atoms in total. The maximum absolute atomic E-state index is 11.4. The third-order valence-electron chi connectivity index (χ3n) is 2.18. The van der Waals surface area contributed by atoms with E-state index in [9.17, 15) is 4.79 Å². The van der Waals surface area contributed by atoms with Gasteiger partial charge >= 0.3 is 0 Å². The summed E-state index contributed by atoms with van der Waals surface area (Å²) in [5.41, 5.74) is 6.44. The zero-order chi connectivity index (χ0) is 12.5. The first kappa shape index (κ1) is 13.5. The highest BCUT2D eigenvalue weighted by Crippen LogP contribution is 2.16. The van der Waals surface area contributed by atoms with Crippen molar-refractivity contribution in [3.05, 3.63) is 29.8 Å². The quantitative estimate of drug-likeness (QED) is 0.669. The van der Waals surface area contributed by atoms with Gasteiger partial charge < -0.3 is 20.5 Å². The van der Waals surface area contributed by atoms with Crippen LogP contribution >= 0.6 is 0 Å². The van der Waals surface area contributed by atoms with Gasteiger partial charge in [-0.3, -0.25) is 4.79 Å². The van der Waals surface area contributed by atoms with Crippen LogP contribution in [0.1, 0.15) is 5.56 Å². The lowest BCUT2D eigenvalue weighted by Crippen LogP contribution is -2.31. The van der Waals surface area contributed by atoms with E-state index in [0.29, 0.717) is 25.4 Å². The zero-order valence-corrected chi connectivity index (χ0v) is 9.94. The summed E-state index contributed by atoms with van der Waals surface area (Å²) in [5.74, 6) is 0.478. The molecule has 5 heteroatoms. The fraction of sp³-hybridized carbons (Fsp3) is 0.417. The molecule has 0 spiro atoms. The second-order valence-corrected chi connectivity index (χ2v) is 3.44. The van der Waals surface area contributed by atoms with Gasteiger partial charge in [0.05, 0.1) is 6.61 Å². The monoisotopic (exact) mass is 238 g/mol. The van der Waals surface area contributed by atoms with Gasteiger partial charge in [-0.25, -0.2) is 0 Å². The molecule has 17 heavy (non-hydrogen) atoms. The van der Waals surface area contributed by atoms with Gasteiger partial charge in [0.2, 0.25) is 0 Å². The van der Waals surface area contributed by atoms with Crippen molar-refractivity contribution in [1.29, 1.82) is 0 Å². The first-order valence-corrected chi connectivity index (χ1v) is 5.44. The molecule has 0 aromatic heterocycles. The summed E-state index contributed by atoms with van der Waals surface area (Å²) in [4.78, 5) is 11.4. The highest BCUT2D eigenvalue weighted by Gasteiger charge is 2.04. The van der Waals surface area contributed by atoms with Crippen LogP contribution in [0.15, 0.2) is 24.3 Å². The molecule has 0 aliphatic rings. The van der Waals surface area contributed by atoms with Crippen molar-refractivity contribution in [1.82, 2.24) is 5.32 Å². The van der Waals surface area contributed by atoms with E-state index in [-0.39, 0.29) is 12.5 Å². The predicted octanol–water partition coefficient (Wildman–Crippen LogP) is 0.287. The van der Waals surface area contributed by atoms with E-state index in [1.54, 1.807) is 13.2 Å². The number of hydrogen-bond acceptors (Lipinski definition) is 4. The Morgan fingerprint density at radius 2 is 2.18 bits per heavy atom. The summed E-state index contributed by atoms with van der Waals surface area (Å²) in [6.07, 6.45) is 0. The van der Waals surface area contributed by atoms with Gasteiger partial charge in [-0.15, -0.1) is 0 Å². The maximum atomic E-state index is 11.4. The van der Waals surface area contributed by atoms with Crippen LogP contribution in [0.2, 0.25) is 0 Å². The molecular weight excluding hydrogens is 220 g/mol. The van der Waals surface area contributed by atoms with Crippen LogP contribution in [0.4, 0.5) is 0 Å². The molecular formula is C12H18N2O3. The number of benzene rings is 1. The average Bonchev–Trinajstić information content (AvgIpc) is 2.37. The van der Waals surface area contributed by atoms with Crippen LogP contribution < -0.4 is 15.8 Å². The summed E-state index contributed by atoms with van der Waals surface area (Å²) in [5, 5.41) is 2.67. The highest BCUT2D eigenvalue weighted by atomic mass is 16.5. The predicted molar refractivity (Wildman–Crippen MR) is 64.7 cm³/mol. The van der Waals surface area contributed by atoms with Crippen molar-refractivity contribution in [2.75, 3.05) is 26.9 Å². The summed E-state index contributed by atoms with van der Waals surface area (Å²) in [6, 6.07) is 7.40. The van der Waals surface area contributed by atoms with Gasteiger partial charge in [-0.2, -0.15) is 0 Å². The Hall–Kier alpha value is -1.59. The number of nitrogens with two attached hydrogens (primary N) is 1. The number of carbonyl (C=O) groups is 1. The summed E-state index contributed by atoms with van der Waals surface area (Å²) >= 11 is 0. The molecule has 0 aliphatic carbocycles. The molecule has 1 aromatic carbocycles. The number of para-hydroxylation sites is 1. The number of amides is 1. The Morgan fingerprint density at radius 1 is 1.41 bits per heavy atom. The second kappa shape index (κ2) is 7.65. The van der Waals surface area contributed by atoms with Crippen LogP contribution in [-0.4, -0.2) is 32.8 Å². The van der Waals surface area contributed by atoms with Crippen LogP contribution in [0, 0.1) is 0 Å². The summed E-state index contributed by atoms with van der Waals surface area (Å²) < 4.78 is 10.2. The van der Waals surface area contributed by atoms with Crippen molar-refractivity contribution >= 4 is 5.91 Å². The third-order valence-corrected chi connectivity index (χ3v) is 2.18. The van der Waals surface area contributed by atoms with Gasteiger partial charge in [0.25, 0.3) is 5.91 Å². The minimum absolute atomic E-state index is 0.0132. The lowest BCUT2D eigenvalue weighted by Gasteiger charge is -2.10. The van der Waals surface area contributed by atoms with Crippen LogP contribution in [0.5, 0.6) is 5.75 Å². The molecule has 0 saturated carbocycles. The molecule has 0 saturated heterocycles. The van der Waals surface area contributed by atoms with E-state index < -0.39 is 0 Å². The molecule has 0 aliphatic heterocycles. The highest BCUT2D eigenvalue weighted by molar-refractivity contribution is 5.77. The molecule has 1 aromatic rings. The van der Waals surface area contributed by atoms with Crippen molar-refractivity contribution in [2.24, 2.45) is 5.73 Å². The Kier molecular flexibility index (Phi) is 6.06. The Morgan fingerprint density at radius 3 is 2.88 bits per heavy atom. The Balaban J connectivity index is 2.36. The maximum Gasteiger partial charge on any atom is 0.258 e. The van der Waals surface area contributed by atoms with E-state index in [2.05, 4.69) is 5.32 Å². The number of ether oxygens (including phenoxy) is 2. The van der Waals surface area contributed by atoms with Gasteiger partial charge in [0, 0.05) is 25.8 Å². The number of hydrogen-bond donors (Lipinski definition) is 2. The smallest absolute Gasteiger partial charge is 0.258 e. The number of nitrogens with one attached hydrogen (secondary N) is 1. The van der Waals surface area contributed by atoms with E-state index >= 15 is 0 Å². The van der Waals surface area contributed by atoms with E-state index in [1.807, 2.05) is 18.2 Å². The van der Waals surface area contributed by atoms with Crippen LogP contribution in [0.25, 0.3) is 0 Å². The van der Waals surface area contributed by atoms with Crippen molar-refractivity contribution in [3.63, 3.8) is 0 Å². The molecule has 1 rings (SSSR count). The molecule has 1 amide bonds. The van der Waals surface area contributed by atoms with Gasteiger partial charge in [0.15, 0.2) is 6.61 Å². The van der Waals surface area contributed by atoms with E-state index in [1.165, 1.54) is 0 Å². The first-order chi connectivity index (χ1) is 8.27. The van der Waals surface area contributed by atoms with Gasteiger partial charge in [-0.05, 0) is 6.07 Å². The molecule has 3 N–H and O–H groups in total. The molecule has 94 valence electrons. The molecule has 0 unspecified atom stereocenters. The third kappa shape index (κ3) is 4.84. The fourth-order valence-corrected chi connectivity index (χ4v) is 1.30. The fourth-order valence-electron chi connectivity index (χ4n) is 1.30. The minimum Gasteiger partial charge on any atom is -0.483 e. The topological polar surface area (TPSA) is 73.6 Å². The average molecular weight is 238 g/mol. The molecule has 0 radical (unpaired) electrons. The number of rotatable bonds is 7. The Labute approximate surface area is 101 Å². The van der Waals surface area contributed by atoms with E-state index in [4.69, 9.17) is 15.2 Å². The largest absolute Gasteiger partial charge is 0.483 e. The second-order valence-electron chi connectivity index (χ2n) is 3.44. The van der Waals surface area contributed by atoms with Gasteiger partial charge in [-0.1, -0.05) is 18.2 Å². The van der Waals surface area contributed by atoms with Crippen LogP contribution in [-0.2, 0) is 16.1 Å². The standard InChI is InChI=1S/C12H18N2O3/c1-16-7-6-14-12(15)9-17-11-5-3-2-4-10(11)8-13/h2-5H,6-9,13H2,1H3,(H,14,15). The molecule has 0 fully saturated rings. The minimum atomic E-state index is -0.172. The molecule has 0 atom stereocenters. The lowest BCUT2D eigenvalue weighted by molar-refractivity contribution is -0.123. The van der Waals surface area contributed by atoms with Gasteiger partial charge in [0.1, 0.15) is 5.75 Å². The van der Waals surface area contributed by atoms with Crippen molar-refractivity contribution in [2.45, 2.75) is 6.54 Å². The lowest BCUT2D eigenvalue weighted by atomic mass is 10.2. The first-order valence-electron chi connectivity index (χ1n) is 5.44. The molecule has 0 heterocycles. The SMILES string of the molecule is COCCNC(=O)COc1ccccc1CN. The van der Waals surface area contributed by atoms with Crippen molar-refractivity contribution < 1.29 is 14.3 Å².